The van der Waals surface area contributed by atoms with Crippen LogP contribution in [-0.4, -0.2) is 53.4 Å². The van der Waals surface area contributed by atoms with Crippen LogP contribution in [0.2, 0.25) is 10.3 Å². The van der Waals surface area contributed by atoms with Crippen LogP contribution in [0.5, 0.6) is 0 Å². The molecule has 1 aliphatic rings. The van der Waals surface area contributed by atoms with Gasteiger partial charge in [-0.2, -0.15) is 0 Å². The lowest BCUT2D eigenvalue weighted by atomic mass is 10.1. The molecule has 6 heteroatoms. The molecule has 1 aliphatic heterocycles. The zero-order valence-corrected chi connectivity index (χ0v) is 12.6. The number of carbonyl (C=O) groups is 1. The summed E-state index contributed by atoms with van der Waals surface area (Å²) < 4.78 is 0. The van der Waals surface area contributed by atoms with Crippen molar-refractivity contribution in [1.82, 2.24) is 14.8 Å². The number of nitrogens with zero attached hydrogens (tertiary/aromatic N) is 3. The van der Waals surface area contributed by atoms with Gasteiger partial charge in [-0.3, -0.25) is 9.69 Å². The number of hydrogen-bond donors (Lipinski definition) is 0. The van der Waals surface area contributed by atoms with Gasteiger partial charge in [-0.25, -0.2) is 4.98 Å². The van der Waals surface area contributed by atoms with Gasteiger partial charge < -0.3 is 4.90 Å². The van der Waals surface area contributed by atoms with Gasteiger partial charge in [0.15, 0.2) is 0 Å². The first-order chi connectivity index (χ1) is 9.01. The second-order valence-corrected chi connectivity index (χ2v) is 5.57. The minimum absolute atomic E-state index is 0.0299. The van der Waals surface area contributed by atoms with Crippen LogP contribution in [0.25, 0.3) is 0 Å². The molecular weight excluding hydrogens is 285 g/mol. The Balaban J connectivity index is 2.15. The molecule has 0 spiro atoms. The number of likely N-dealkylation sites (N-methyl/N-ethyl adjacent to an activating group) is 1. The number of pyridine rings is 1. The molecular formula is C13H17Cl2N3O. The van der Waals surface area contributed by atoms with Crippen LogP contribution in [0, 0.1) is 0 Å². The van der Waals surface area contributed by atoms with E-state index in [4.69, 9.17) is 23.2 Å². The molecule has 0 bridgehead atoms. The molecule has 1 atom stereocenters. The predicted octanol–water partition coefficient (Wildman–Crippen LogP) is 2.55. The number of rotatable bonds is 2. The Morgan fingerprint density at radius 2 is 2.00 bits per heavy atom. The third-order valence-corrected chi connectivity index (χ3v) is 3.93. The summed E-state index contributed by atoms with van der Waals surface area (Å²) in [6, 6.07) is 3.54. The second kappa shape index (κ2) is 6.07. The van der Waals surface area contributed by atoms with Crippen molar-refractivity contribution < 1.29 is 4.79 Å². The normalized spacial score (nSPS) is 20.6. The molecule has 104 valence electrons. The molecule has 0 saturated carbocycles. The van der Waals surface area contributed by atoms with Crippen molar-refractivity contribution in [1.29, 1.82) is 0 Å². The van der Waals surface area contributed by atoms with Gasteiger partial charge in [0, 0.05) is 31.2 Å². The maximum absolute atomic E-state index is 12.4. The molecule has 2 rings (SSSR count). The second-order valence-electron chi connectivity index (χ2n) is 4.80. The fraction of sp³-hybridized carbons (Fsp3) is 0.538. The SMILES string of the molecule is CCC1CN(C(=O)c2cc(Cl)nc(Cl)c2)CCN1C. The Morgan fingerprint density at radius 1 is 1.37 bits per heavy atom. The molecule has 1 fully saturated rings. The molecule has 2 heterocycles. The number of amides is 1. The van der Waals surface area contributed by atoms with Gasteiger partial charge in [0.25, 0.3) is 5.91 Å². The summed E-state index contributed by atoms with van der Waals surface area (Å²) in [6.45, 7) is 4.49. The highest BCUT2D eigenvalue weighted by Gasteiger charge is 2.27. The van der Waals surface area contributed by atoms with Crippen molar-refractivity contribution in [2.75, 3.05) is 26.7 Å². The van der Waals surface area contributed by atoms with Gasteiger partial charge in [-0.05, 0) is 25.6 Å². The van der Waals surface area contributed by atoms with E-state index < -0.39 is 0 Å². The number of halogens is 2. The van der Waals surface area contributed by atoms with Crippen LogP contribution in [0.4, 0.5) is 0 Å². The van der Waals surface area contributed by atoms with Crippen LogP contribution < -0.4 is 0 Å². The molecule has 4 nitrogen and oxygen atoms in total. The largest absolute Gasteiger partial charge is 0.336 e. The minimum atomic E-state index is -0.0299. The van der Waals surface area contributed by atoms with Gasteiger partial charge >= 0.3 is 0 Å². The summed E-state index contributed by atoms with van der Waals surface area (Å²) in [5, 5.41) is 0.494. The van der Waals surface area contributed by atoms with E-state index in [1.165, 1.54) is 0 Å². The van der Waals surface area contributed by atoms with Crippen LogP contribution in [0.3, 0.4) is 0 Å². The standard InChI is InChI=1S/C13H17Cl2N3O/c1-3-10-8-18(5-4-17(10)2)13(19)9-6-11(14)16-12(15)7-9/h6-7,10H,3-5,8H2,1-2H3. The van der Waals surface area contributed by atoms with Crippen LogP contribution >= 0.6 is 23.2 Å². The lowest BCUT2D eigenvalue weighted by Gasteiger charge is -2.39. The quantitative estimate of drug-likeness (QED) is 0.788. The molecule has 0 radical (unpaired) electrons. The summed E-state index contributed by atoms with van der Waals surface area (Å²) in [7, 11) is 2.09. The smallest absolute Gasteiger partial charge is 0.254 e. The van der Waals surface area contributed by atoms with Gasteiger partial charge in [0.2, 0.25) is 0 Å². The highest BCUT2D eigenvalue weighted by Crippen LogP contribution is 2.18. The van der Waals surface area contributed by atoms with E-state index in [1.54, 1.807) is 12.1 Å². The first kappa shape index (κ1) is 14.6. The van der Waals surface area contributed by atoms with E-state index in [9.17, 15) is 4.79 Å². The Labute approximate surface area is 123 Å². The number of piperazine rings is 1. The molecule has 1 unspecified atom stereocenters. The lowest BCUT2D eigenvalue weighted by molar-refractivity contribution is 0.0542. The Hall–Kier alpha value is -0.840. The maximum Gasteiger partial charge on any atom is 0.254 e. The first-order valence-corrected chi connectivity index (χ1v) is 7.09. The van der Waals surface area contributed by atoms with Crippen molar-refractivity contribution in [2.24, 2.45) is 0 Å². The van der Waals surface area contributed by atoms with E-state index >= 15 is 0 Å². The highest BCUT2D eigenvalue weighted by molar-refractivity contribution is 6.33. The Kier molecular flexibility index (Phi) is 4.66. The van der Waals surface area contributed by atoms with E-state index in [1.807, 2.05) is 4.90 Å². The third kappa shape index (κ3) is 3.38. The van der Waals surface area contributed by atoms with Gasteiger partial charge in [-0.1, -0.05) is 30.1 Å². The van der Waals surface area contributed by atoms with E-state index in [0.29, 0.717) is 11.6 Å². The molecule has 1 saturated heterocycles. The summed E-state index contributed by atoms with van der Waals surface area (Å²) in [5.74, 6) is -0.0299. The van der Waals surface area contributed by atoms with E-state index in [-0.39, 0.29) is 16.2 Å². The lowest BCUT2D eigenvalue weighted by Crippen LogP contribution is -2.52. The average molecular weight is 302 g/mol. The number of hydrogen-bond acceptors (Lipinski definition) is 3. The van der Waals surface area contributed by atoms with E-state index in [2.05, 4.69) is 23.9 Å². The van der Waals surface area contributed by atoms with Crippen molar-refractivity contribution >= 4 is 29.1 Å². The van der Waals surface area contributed by atoms with Crippen molar-refractivity contribution in [3.63, 3.8) is 0 Å². The summed E-state index contributed by atoms with van der Waals surface area (Å²) in [6.07, 6.45) is 1.03. The minimum Gasteiger partial charge on any atom is -0.336 e. The van der Waals surface area contributed by atoms with Crippen molar-refractivity contribution in [3.8, 4) is 0 Å². The zero-order valence-electron chi connectivity index (χ0n) is 11.1. The number of carbonyl (C=O) groups excluding carboxylic acids is 1. The molecule has 1 aromatic rings. The topological polar surface area (TPSA) is 36.4 Å². The fourth-order valence-corrected chi connectivity index (χ4v) is 2.80. The van der Waals surface area contributed by atoms with Crippen LogP contribution in [-0.2, 0) is 0 Å². The summed E-state index contributed by atoms with van der Waals surface area (Å²) in [5.41, 5.74) is 0.504. The molecule has 0 N–H and O–H groups in total. The Bertz CT molecular complexity index is 461. The van der Waals surface area contributed by atoms with Gasteiger partial charge in [0.1, 0.15) is 10.3 Å². The van der Waals surface area contributed by atoms with Crippen molar-refractivity contribution in [3.05, 3.63) is 28.0 Å². The first-order valence-electron chi connectivity index (χ1n) is 6.34. The molecule has 1 aromatic heterocycles. The monoisotopic (exact) mass is 301 g/mol. The molecule has 1 amide bonds. The van der Waals surface area contributed by atoms with Gasteiger partial charge in [0.05, 0.1) is 0 Å². The molecule has 0 aromatic carbocycles. The molecule has 0 aliphatic carbocycles. The highest BCUT2D eigenvalue weighted by atomic mass is 35.5. The number of aromatic nitrogens is 1. The third-order valence-electron chi connectivity index (χ3n) is 3.55. The van der Waals surface area contributed by atoms with Crippen molar-refractivity contribution in [2.45, 2.75) is 19.4 Å². The Morgan fingerprint density at radius 3 is 2.58 bits per heavy atom. The van der Waals surface area contributed by atoms with Crippen LogP contribution in [0.1, 0.15) is 23.7 Å². The maximum atomic E-state index is 12.4. The van der Waals surface area contributed by atoms with E-state index in [0.717, 1.165) is 26.1 Å². The molecule has 19 heavy (non-hydrogen) atoms. The zero-order chi connectivity index (χ0) is 14.0. The summed E-state index contributed by atoms with van der Waals surface area (Å²) in [4.78, 5) is 20.4. The fourth-order valence-electron chi connectivity index (χ4n) is 2.34. The van der Waals surface area contributed by atoms with Crippen LogP contribution in [0.15, 0.2) is 12.1 Å². The van der Waals surface area contributed by atoms with Gasteiger partial charge in [-0.15, -0.1) is 0 Å². The predicted molar refractivity (Wildman–Crippen MR) is 76.9 cm³/mol. The average Bonchev–Trinajstić information content (AvgIpc) is 2.37. The summed E-state index contributed by atoms with van der Waals surface area (Å²) >= 11 is 11.7.